The normalized spacial score (nSPS) is 11.1. The van der Waals surface area contributed by atoms with Gasteiger partial charge in [0.15, 0.2) is 8.68 Å². The van der Waals surface area contributed by atoms with Crippen LogP contribution in [0.4, 0.5) is 5.69 Å². The number of benzene rings is 2. The van der Waals surface area contributed by atoms with Gasteiger partial charge in [-0.05, 0) is 54.6 Å². The van der Waals surface area contributed by atoms with Gasteiger partial charge in [0.2, 0.25) is 5.91 Å². The first kappa shape index (κ1) is 20.3. The van der Waals surface area contributed by atoms with Gasteiger partial charge in [0.05, 0.1) is 16.0 Å². The Morgan fingerprint density at radius 2 is 1.79 bits per heavy atom. The second-order valence-corrected chi connectivity index (χ2v) is 10.9. The molecule has 0 atom stereocenters. The molecule has 4 aromatic rings. The maximum atomic E-state index is 12.2. The highest BCUT2D eigenvalue weighted by Gasteiger charge is 2.10. The van der Waals surface area contributed by atoms with Gasteiger partial charge in [-0.15, -0.1) is 21.5 Å². The van der Waals surface area contributed by atoms with Crippen molar-refractivity contribution in [2.75, 3.05) is 16.8 Å². The summed E-state index contributed by atoms with van der Waals surface area (Å²) in [5.41, 5.74) is 4.07. The third-order valence-electron chi connectivity index (χ3n) is 3.94. The average molecular weight is 459 g/mol. The topological polar surface area (TPSA) is 67.8 Å². The van der Waals surface area contributed by atoms with Crippen molar-refractivity contribution in [2.24, 2.45) is 0 Å². The minimum absolute atomic E-state index is 0.0573. The summed E-state index contributed by atoms with van der Waals surface area (Å²) in [6, 6.07) is 14.1. The molecule has 9 heteroatoms. The maximum Gasteiger partial charge on any atom is 0.234 e. The summed E-state index contributed by atoms with van der Waals surface area (Å²) in [5.74, 6) is 1.22. The van der Waals surface area contributed by atoms with Crippen LogP contribution in [0.3, 0.4) is 0 Å². The van der Waals surface area contributed by atoms with E-state index >= 15 is 0 Å². The van der Waals surface area contributed by atoms with Crippen LogP contribution in [0.5, 0.6) is 0 Å². The van der Waals surface area contributed by atoms with Gasteiger partial charge >= 0.3 is 0 Å². The Balaban J connectivity index is 1.36. The number of hydrogen-bond donors (Lipinski definition) is 1. The van der Waals surface area contributed by atoms with Crippen LogP contribution in [0.1, 0.15) is 12.5 Å². The van der Waals surface area contributed by atoms with E-state index in [4.69, 9.17) is 4.98 Å². The fraction of sp³-hybridized carbons (Fsp3) is 0.200. The molecule has 1 amide bonds. The SMILES string of the molecule is CCSc1nnc(SCC(=O)Nc2ccc(-c3nc4ccc(C)cc4s3)cc2)s1. The maximum absolute atomic E-state index is 12.2. The van der Waals surface area contributed by atoms with Crippen molar-refractivity contribution < 1.29 is 4.79 Å². The van der Waals surface area contributed by atoms with Crippen LogP contribution < -0.4 is 5.32 Å². The molecular weight excluding hydrogens is 441 g/mol. The van der Waals surface area contributed by atoms with Crippen molar-refractivity contribution in [3.63, 3.8) is 0 Å². The number of carbonyl (C=O) groups excluding carboxylic acids is 1. The highest BCUT2D eigenvalue weighted by Crippen LogP contribution is 2.31. The lowest BCUT2D eigenvalue weighted by molar-refractivity contribution is -0.113. The van der Waals surface area contributed by atoms with Gasteiger partial charge in [-0.1, -0.05) is 47.9 Å². The number of aromatic nitrogens is 3. The number of rotatable bonds is 7. The number of thioether (sulfide) groups is 2. The Morgan fingerprint density at radius 1 is 1.03 bits per heavy atom. The van der Waals surface area contributed by atoms with E-state index in [2.05, 4.69) is 47.6 Å². The molecule has 0 radical (unpaired) electrons. The highest BCUT2D eigenvalue weighted by atomic mass is 32.2. The number of hydrogen-bond acceptors (Lipinski definition) is 8. The van der Waals surface area contributed by atoms with Gasteiger partial charge in [0.1, 0.15) is 5.01 Å². The van der Waals surface area contributed by atoms with E-state index in [-0.39, 0.29) is 5.91 Å². The Bertz CT molecular complexity index is 1140. The molecule has 0 aliphatic rings. The summed E-state index contributed by atoms with van der Waals surface area (Å²) in [4.78, 5) is 16.9. The fourth-order valence-corrected chi connectivity index (χ4v) is 6.40. The molecular formula is C20H18N4OS4. The number of amides is 1. The van der Waals surface area contributed by atoms with Crippen LogP contribution in [0.25, 0.3) is 20.8 Å². The number of aryl methyl sites for hydroxylation is 1. The Hall–Kier alpha value is -1.94. The first-order chi connectivity index (χ1) is 14.1. The summed E-state index contributed by atoms with van der Waals surface area (Å²) < 4.78 is 2.94. The van der Waals surface area contributed by atoms with E-state index in [0.717, 1.165) is 36.2 Å². The summed E-state index contributed by atoms with van der Waals surface area (Å²) in [7, 11) is 0. The van der Waals surface area contributed by atoms with E-state index in [1.807, 2.05) is 24.3 Å². The molecule has 0 fully saturated rings. The monoisotopic (exact) mass is 458 g/mol. The summed E-state index contributed by atoms with van der Waals surface area (Å²) >= 11 is 6.28. The predicted octanol–water partition coefficient (Wildman–Crippen LogP) is 5.97. The third kappa shape index (κ3) is 5.16. The van der Waals surface area contributed by atoms with Crippen LogP contribution in [-0.2, 0) is 4.79 Å². The first-order valence-corrected chi connectivity index (χ1v) is 12.6. The van der Waals surface area contributed by atoms with Gasteiger partial charge in [-0.2, -0.15) is 0 Å². The van der Waals surface area contributed by atoms with Crippen LogP contribution in [0.2, 0.25) is 0 Å². The van der Waals surface area contributed by atoms with Gasteiger partial charge in [0, 0.05) is 11.3 Å². The quantitative estimate of drug-likeness (QED) is 0.344. The number of carbonyl (C=O) groups is 1. The summed E-state index contributed by atoms with van der Waals surface area (Å²) in [6.07, 6.45) is 0. The Morgan fingerprint density at radius 3 is 2.55 bits per heavy atom. The molecule has 0 saturated heterocycles. The molecule has 29 heavy (non-hydrogen) atoms. The molecule has 148 valence electrons. The number of nitrogens with zero attached hydrogens (tertiary/aromatic N) is 3. The molecule has 2 heterocycles. The van der Waals surface area contributed by atoms with Crippen LogP contribution in [-0.4, -0.2) is 32.6 Å². The molecule has 0 saturated carbocycles. The van der Waals surface area contributed by atoms with Crippen molar-refractivity contribution >= 4 is 68.0 Å². The number of thiazole rings is 1. The molecule has 0 spiro atoms. The lowest BCUT2D eigenvalue weighted by atomic mass is 10.2. The molecule has 2 aromatic carbocycles. The first-order valence-electron chi connectivity index (χ1n) is 8.97. The number of anilines is 1. The van der Waals surface area contributed by atoms with Gasteiger partial charge < -0.3 is 5.32 Å². The van der Waals surface area contributed by atoms with Gasteiger partial charge in [-0.3, -0.25) is 4.79 Å². The summed E-state index contributed by atoms with van der Waals surface area (Å²) in [6.45, 7) is 4.16. The zero-order valence-corrected chi connectivity index (χ0v) is 19.1. The second kappa shape index (κ2) is 9.25. The molecule has 0 aliphatic carbocycles. The molecule has 2 aromatic heterocycles. The van der Waals surface area contributed by atoms with Crippen molar-refractivity contribution in [2.45, 2.75) is 22.5 Å². The predicted molar refractivity (Wildman–Crippen MR) is 125 cm³/mol. The fourth-order valence-electron chi connectivity index (χ4n) is 2.61. The molecule has 0 bridgehead atoms. The lowest BCUT2D eigenvalue weighted by Crippen LogP contribution is -2.13. The zero-order valence-electron chi connectivity index (χ0n) is 15.8. The van der Waals surface area contributed by atoms with E-state index in [1.54, 1.807) is 23.1 Å². The van der Waals surface area contributed by atoms with Gasteiger partial charge in [-0.25, -0.2) is 4.98 Å². The smallest absolute Gasteiger partial charge is 0.234 e. The van der Waals surface area contributed by atoms with E-state index in [9.17, 15) is 4.79 Å². The standard InChI is InChI=1S/C20H18N4OS4/c1-3-26-19-23-24-20(29-19)27-11-17(25)21-14-7-5-13(6-8-14)18-22-15-9-4-12(2)10-16(15)28-18/h4-10H,3,11H2,1-2H3,(H,21,25). The summed E-state index contributed by atoms with van der Waals surface area (Å²) in [5, 5.41) is 12.1. The van der Waals surface area contributed by atoms with Crippen LogP contribution in [0.15, 0.2) is 51.1 Å². The largest absolute Gasteiger partial charge is 0.325 e. The van der Waals surface area contributed by atoms with Crippen molar-refractivity contribution in [3.05, 3.63) is 48.0 Å². The highest BCUT2D eigenvalue weighted by molar-refractivity contribution is 8.03. The second-order valence-electron chi connectivity index (χ2n) is 6.17. The molecule has 5 nitrogen and oxygen atoms in total. The average Bonchev–Trinajstić information content (AvgIpc) is 3.33. The molecule has 4 rings (SSSR count). The van der Waals surface area contributed by atoms with Crippen molar-refractivity contribution in [3.8, 4) is 10.6 Å². The van der Waals surface area contributed by atoms with Crippen molar-refractivity contribution in [1.82, 2.24) is 15.2 Å². The lowest BCUT2D eigenvalue weighted by Gasteiger charge is -2.05. The van der Waals surface area contributed by atoms with E-state index in [0.29, 0.717) is 5.75 Å². The minimum Gasteiger partial charge on any atom is -0.325 e. The van der Waals surface area contributed by atoms with Crippen LogP contribution >= 0.6 is 46.2 Å². The van der Waals surface area contributed by atoms with E-state index < -0.39 is 0 Å². The minimum atomic E-state index is -0.0573. The Labute approximate surface area is 185 Å². The molecule has 0 unspecified atom stereocenters. The molecule has 1 N–H and O–H groups in total. The molecule has 0 aliphatic heterocycles. The zero-order chi connectivity index (χ0) is 20.2. The number of nitrogens with one attached hydrogen (secondary N) is 1. The van der Waals surface area contributed by atoms with E-state index in [1.165, 1.54) is 33.4 Å². The van der Waals surface area contributed by atoms with Gasteiger partial charge in [0.25, 0.3) is 0 Å². The van der Waals surface area contributed by atoms with Crippen molar-refractivity contribution in [1.29, 1.82) is 0 Å². The third-order valence-corrected chi connectivity index (χ3v) is 8.08. The van der Waals surface area contributed by atoms with Crippen LogP contribution in [0, 0.1) is 6.92 Å². The Kier molecular flexibility index (Phi) is 6.49. The number of fused-ring (bicyclic) bond motifs is 1.